The van der Waals surface area contributed by atoms with E-state index in [1.807, 2.05) is 0 Å². The lowest BCUT2D eigenvalue weighted by Crippen LogP contribution is -2.32. The molecule has 1 fully saturated rings. The Bertz CT molecular complexity index is 1010. The van der Waals surface area contributed by atoms with Crippen LogP contribution >= 0.6 is 15.9 Å². The molecular formula is C20H22BrFN2O4S. The molecule has 9 heteroatoms. The highest BCUT2D eigenvalue weighted by Crippen LogP contribution is 2.30. The van der Waals surface area contributed by atoms with Crippen molar-refractivity contribution in [3.05, 3.63) is 52.3 Å². The minimum absolute atomic E-state index is 0.0604. The molecule has 3 rings (SSSR count). The fraction of sp³-hybridized carbons (Fsp3) is 0.350. The molecular weight excluding hydrogens is 463 g/mol. The maximum Gasteiger partial charge on any atom is 0.258 e. The average molecular weight is 485 g/mol. The van der Waals surface area contributed by atoms with E-state index in [-0.39, 0.29) is 21.9 Å². The lowest BCUT2D eigenvalue weighted by atomic mass is 10.2. The summed E-state index contributed by atoms with van der Waals surface area (Å²) < 4.78 is 47.4. The van der Waals surface area contributed by atoms with Crippen molar-refractivity contribution in [1.29, 1.82) is 0 Å². The minimum atomic E-state index is -3.70. The largest absolute Gasteiger partial charge is 0.495 e. The zero-order valence-electron chi connectivity index (χ0n) is 16.0. The number of benzene rings is 2. The number of nitrogens with one attached hydrogen (secondary N) is 1. The molecule has 6 nitrogen and oxygen atoms in total. The maximum atomic E-state index is 14.0. The minimum Gasteiger partial charge on any atom is -0.495 e. The van der Waals surface area contributed by atoms with Crippen molar-refractivity contribution in [3.63, 3.8) is 0 Å². The first-order valence-electron chi connectivity index (χ1n) is 9.27. The highest BCUT2D eigenvalue weighted by molar-refractivity contribution is 9.10. The number of nitrogens with zero attached hydrogens (tertiary/aromatic N) is 1. The molecule has 0 saturated carbocycles. The van der Waals surface area contributed by atoms with E-state index in [1.165, 1.54) is 47.8 Å². The molecule has 0 unspecified atom stereocenters. The average Bonchev–Trinajstić information content (AvgIpc) is 2.99. The molecule has 1 heterocycles. The standard InChI is InChI=1S/C20H22BrFN2O4S/c1-28-19-9-7-15(29(26,27)24-10-4-2-3-5-11-24)13-18(19)23-20(25)16-12-14(21)6-8-17(16)22/h6-9,12-13H,2-5,10-11H2,1H3,(H,23,25). The second-order valence-electron chi connectivity index (χ2n) is 6.76. The van der Waals surface area contributed by atoms with Gasteiger partial charge in [-0.15, -0.1) is 0 Å². The van der Waals surface area contributed by atoms with Gasteiger partial charge in [-0.2, -0.15) is 4.31 Å². The molecule has 1 saturated heterocycles. The van der Waals surface area contributed by atoms with Crippen molar-refractivity contribution in [3.8, 4) is 5.75 Å². The topological polar surface area (TPSA) is 75.7 Å². The number of anilines is 1. The van der Waals surface area contributed by atoms with Crippen LogP contribution in [0.2, 0.25) is 0 Å². The zero-order chi connectivity index (χ0) is 21.0. The summed E-state index contributed by atoms with van der Waals surface area (Å²) in [7, 11) is -2.29. The van der Waals surface area contributed by atoms with Crippen LogP contribution in [0.25, 0.3) is 0 Å². The van der Waals surface area contributed by atoms with Crippen LogP contribution < -0.4 is 10.1 Å². The predicted octanol–water partition coefficient (Wildman–Crippen LogP) is 4.41. The summed E-state index contributed by atoms with van der Waals surface area (Å²) in [5, 5.41) is 2.57. The van der Waals surface area contributed by atoms with Crippen molar-refractivity contribution in [2.75, 3.05) is 25.5 Å². The Morgan fingerprint density at radius 3 is 2.45 bits per heavy atom. The first-order chi connectivity index (χ1) is 13.8. The summed E-state index contributed by atoms with van der Waals surface area (Å²) in [6, 6.07) is 8.31. The van der Waals surface area contributed by atoms with Crippen LogP contribution in [0.5, 0.6) is 5.75 Å². The van der Waals surface area contributed by atoms with Crippen LogP contribution in [0, 0.1) is 5.82 Å². The molecule has 0 bridgehead atoms. The number of sulfonamides is 1. The Kier molecular flexibility index (Phi) is 6.92. The number of carbonyl (C=O) groups is 1. The van der Waals surface area contributed by atoms with E-state index in [0.717, 1.165) is 25.7 Å². The molecule has 1 N–H and O–H groups in total. The molecule has 1 aliphatic rings. The Hall–Kier alpha value is -1.97. The Labute approximate surface area is 178 Å². The third-order valence-corrected chi connectivity index (χ3v) is 7.18. The molecule has 156 valence electrons. The number of hydrogen-bond acceptors (Lipinski definition) is 4. The summed E-state index contributed by atoms with van der Waals surface area (Å²) >= 11 is 3.21. The van der Waals surface area contributed by atoms with E-state index < -0.39 is 21.7 Å². The lowest BCUT2D eigenvalue weighted by Gasteiger charge is -2.21. The molecule has 0 aliphatic carbocycles. The molecule has 1 aliphatic heterocycles. The highest BCUT2D eigenvalue weighted by Gasteiger charge is 2.26. The number of methoxy groups -OCH3 is 1. The van der Waals surface area contributed by atoms with E-state index in [1.54, 1.807) is 0 Å². The zero-order valence-corrected chi connectivity index (χ0v) is 18.4. The van der Waals surface area contributed by atoms with Crippen LogP contribution in [0.4, 0.5) is 10.1 Å². The van der Waals surface area contributed by atoms with Gasteiger partial charge in [-0.3, -0.25) is 4.79 Å². The van der Waals surface area contributed by atoms with Crippen molar-refractivity contribution in [1.82, 2.24) is 4.31 Å². The fourth-order valence-electron chi connectivity index (χ4n) is 3.24. The second-order valence-corrected chi connectivity index (χ2v) is 9.61. The number of hydrogen-bond donors (Lipinski definition) is 1. The molecule has 2 aromatic carbocycles. The van der Waals surface area contributed by atoms with Crippen molar-refractivity contribution >= 4 is 37.5 Å². The summed E-state index contributed by atoms with van der Waals surface area (Å²) in [6.07, 6.45) is 3.66. The van der Waals surface area contributed by atoms with E-state index in [0.29, 0.717) is 17.6 Å². The Balaban J connectivity index is 1.92. The van der Waals surface area contributed by atoms with Gasteiger partial charge in [0, 0.05) is 17.6 Å². The third kappa shape index (κ3) is 4.96. The van der Waals surface area contributed by atoms with Crippen LogP contribution in [0.1, 0.15) is 36.0 Å². The number of ether oxygens (including phenoxy) is 1. The van der Waals surface area contributed by atoms with Gasteiger partial charge < -0.3 is 10.1 Å². The molecule has 0 radical (unpaired) electrons. The summed E-state index contributed by atoms with van der Waals surface area (Å²) in [6.45, 7) is 0.943. The van der Waals surface area contributed by atoms with Gasteiger partial charge in [0.2, 0.25) is 10.0 Å². The molecule has 0 atom stereocenters. The van der Waals surface area contributed by atoms with Crippen LogP contribution in [-0.2, 0) is 10.0 Å². The third-order valence-electron chi connectivity index (χ3n) is 4.79. The van der Waals surface area contributed by atoms with Gasteiger partial charge in [0.1, 0.15) is 11.6 Å². The van der Waals surface area contributed by atoms with Gasteiger partial charge in [0.25, 0.3) is 5.91 Å². The quantitative estimate of drug-likeness (QED) is 0.681. The van der Waals surface area contributed by atoms with E-state index in [2.05, 4.69) is 21.2 Å². The molecule has 29 heavy (non-hydrogen) atoms. The molecule has 1 amide bonds. The number of carbonyl (C=O) groups excluding carboxylic acids is 1. The Morgan fingerprint density at radius 1 is 1.10 bits per heavy atom. The van der Waals surface area contributed by atoms with Crippen molar-refractivity contribution in [2.45, 2.75) is 30.6 Å². The molecule has 2 aromatic rings. The number of halogens is 2. The van der Waals surface area contributed by atoms with Gasteiger partial charge in [-0.25, -0.2) is 12.8 Å². The first kappa shape index (κ1) is 21.7. The first-order valence-corrected chi connectivity index (χ1v) is 11.5. The normalized spacial score (nSPS) is 15.6. The highest BCUT2D eigenvalue weighted by atomic mass is 79.9. The van der Waals surface area contributed by atoms with E-state index >= 15 is 0 Å². The number of rotatable bonds is 5. The summed E-state index contributed by atoms with van der Waals surface area (Å²) in [5.41, 5.74) is -0.00465. The van der Waals surface area contributed by atoms with Crippen LogP contribution in [-0.4, -0.2) is 38.8 Å². The van der Waals surface area contributed by atoms with Crippen LogP contribution in [0.3, 0.4) is 0 Å². The second kappa shape index (κ2) is 9.23. The SMILES string of the molecule is COc1ccc(S(=O)(=O)N2CCCCCC2)cc1NC(=O)c1cc(Br)ccc1F. The van der Waals surface area contributed by atoms with Gasteiger partial charge in [-0.1, -0.05) is 28.8 Å². The fourth-order valence-corrected chi connectivity index (χ4v) is 5.14. The van der Waals surface area contributed by atoms with Crippen molar-refractivity contribution < 1.29 is 22.3 Å². The van der Waals surface area contributed by atoms with Crippen molar-refractivity contribution in [2.24, 2.45) is 0 Å². The monoisotopic (exact) mass is 484 g/mol. The van der Waals surface area contributed by atoms with E-state index in [9.17, 15) is 17.6 Å². The predicted molar refractivity (Wildman–Crippen MR) is 112 cm³/mol. The summed E-state index contributed by atoms with van der Waals surface area (Å²) in [5.74, 6) is -1.10. The molecule has 0 aromatic heterocycles. The smallest absolute Gasteiger partial charge is 0.258 e. The Morgan fingerprint density at radius 2 is 1.79 bits per heavy atom. The van der Waals surface area contributed by atoms with Gasteiger partial charge in [0.05, 0.1) is 23.3 Å². The van der Waals surface area contributed by atoms with Gasteiger partial charge >= 0.3 is 0 Å². The lowest BCUT2D eigenvalue weighted by molar-refractivity contribution is 0.102. The van der Waals surface area contributed by atoms with E-state index in [4.69, 9.17) is 4.74 Å². The molecule has 0 spiro atoms. The maximum absolute atomic E-state index is 14.0. The van der Waals surface area contributed by atoms with Gasteiger partial charge in [0.15, 0.2) is 0 Å². The summed E-state index contributed by atoms with van der Waals surface area (Å²) in [4.78, 5) is 12.6. The number of amides is 1. The van der Waals surface area contributed by atoms with Crippen LogP contribution in [0.15, 0.2) is 45.8 Å². The van der Waals surface area contributed by atoms with Gasteiger partial charge in [-0.05, 0) is 49.2 Å².